The van der Waals surface area contributed by atoms with Gasteiger partial charge in [0.25, 0.3) is 0 Å². The highest BCUT2D eigenvalue weighted by Gasteiger charge is 2.10. The number of aliphatic hydroxyl groups is 1. The second-order valence-electron chi connectivity index (χ2n) is 5.47. The number of benzene rings is 2. The third kappa shape index (κ3) is 6.80. The van der Waals surface area contributed by atoms with Crippen molar-refractivity contribution in [3.05, 3.63) is 64.7 Å². The molecule has 0 radical (unpaired) electrons. The molecule has 2 unspecified atom stereocenters. The number of aryl methyl sites for hydroxylation is 1. The Bertz CT molecular complexity index is 607. The van der Waals surface area contributed by atoms with Gasteiger partial charge in [-0.1, -0.05) is 35.9 Å². The van der Waals surface area contributed by atoms with Crippen molar-refractivity contribution in [1.29, 1.82) is 0 Å². The molecule has 0 spiro atoms. The van der Waals surface area contributed by atoms with Gasteiger partial charge in [0.05, 0.1) is 0 Å². The highest BCUT2D eigenvalue weighted by molar-refractivity contribution is 6.30. The largest absolute Gasteiger partial charge is 0.491 e. The third-order valence-corrected chi connectivity index (χ3v) is 3.68. The van der Waals surface area contributed by atoms with Crippen LogP contribution in [0.15, 0.2) is 48.5 Å². The Labute approximate surface area is 149 Å². The maximum Gasteiger partial charge on any atom is 0.119 e. The average molecular weight is 356 g/mol. The Morgan fingerprint density at radius 2 is 1.91 bits per heavy atom. The molecule has 2 aromatic rings. The molecule has 0 fully saturated rings. The molecule has 0 saturated heterocycles. The number of hydrogen-bond acceptors (Lipinski definition) is 3. The summed E-state index contributed by atoms with van der Waals surface area (Å²) in [7, 11) is 0. The molecule has 3 nitrogen and oxygen atoms in total. The monoisotopic (exact) mass is 355 g/mol. The van der Waals surface area contributed by atoms with Gasteiger partial charge in [-0.15, -0.1) is 12.4 Å². The molecule has 0 aliphatic carbocycles. The number of hydrogen-bond donors (Lipinski definition) is 2. The van der Waals surface area contributed by atoms with E-state index >= 15 is 0 Å². The van der Waals surface area contributed by atoms with Crippen LogP contribution in [0.3, 0.4) is 0 Å². The summed E-state index contributed by atoms with van der Waals surface area (Å²) in [5, 5.41) is 14.0. The molecule has 0 aliphatic heterocycles. The summed E-state index contributed by atoms with van der Waals surface area (Å²) in [5.41, 5.74) is 2.24. The van der Waals surface area contributed by atoms with E-state index in [-0.39, 0.29) is 25.1 Å². The van der Waals surface area contributed by atoms with E-state index in [0.717, 1.165) is 21.9 Å². The van der Waals surface area contributed by atoms with E-state index in [0.29, 0.717) is 6.54 Å². The molecule has 0 heterocycles. The van der Waals surface area contributed by atoms with Crippen molar-refractivity contribution in [3.63, 3.8) is 0 Å². The van der Waals surface area contributed by atoms with Crippen molar-refractivity contribution in [2.24, 2.45) is 0 Å². The van der Waals surface area contributed by atoms with Crippen molar-refractivity contribution >= 4 is 24.0 Å². The van der Waals surface area contributed by atoms with Crippen LogP contribution in [-0.2, 0) is 0 Å². The lowest BCUT2D eigenvalue weighted by Gasteiger charge is -2.18. The molecule has 2 atom stereocenters. The fraction of sp³-hybridized carbons (Fsp3) is 0.333. The zero-order valence-electron chi connectivity index (χ0n) is 13.3. The second-order valence-corrected chi connectivity index (χ2v) is 5.90. The minimum absolute atomic E-state index is 0. The van der Waals surface area contributed by atoms with Crippen molar-refractivity contribution < 1.29 is 9.84 Å². The number of aliphatic hydroxyl groups excluding tert-OH is 1. The van der Waals surface area contributed by atoms with Gasteiger partial charge in [-0.25, -0.2) is 0 Å². The first-order valence-electron chi connectivity index (χ1n) is 7.41. The topological polar surface area (TPSA) is 41.5 Å². The third-order valence-electron chi connectivity index (χ3n) is 3.44. The fourth-order valence-electron chi connectivity index (χ4n) is 2.16. The quantitative estimate of drug-likeness (QED) is 0.783. The summed E-state index contributed by atoms with van der Waals surface area (Å²) in [6.07, 6.45) is -0.567. The van der Waals surface area contributed by atoms with Crippen LogP contribution in [0.4, 0.5) is 0 Å². The van der Waals surface area contributed by atoms with Crippen LogP contribution >= 0.6 is 24.0 Å². The maximum atomic E-state index is 10.0. The first-order valence-corrected chi connectivity index (χ1v) is 7.79. The Hall–Kier alpha value is -1.26. The van der Waals surface area contributed by atoms with E-state index in [1.165, 1.54) is 0 Å². The molecule has 23 heavy (non-hydrogen) atoms. The zero-order valence-corrected chi connectivity index (χ0v) is 14.9. The van der Waals surface area contributed by atoms with E-state index in [4.69, 9.17) is 16.3 Å². The molecular weight excluding hydrogens is 333 g/mol. The molecule has 5 heteroatoms. The number of halogens is 2. The Balaban J connectivity index is 0.00000264. The maximum absolute atomic E-state index is 10.0. The first-order chi connectivity index (χ1) is 10.5. The molecular formula is C18H23Cl2NO2. The summed E-state index contributed by atoms with van der Waals surface area (Å²) in [6, 6.07) is 15.6. The van der Waals surface area contributed by atoms with Gasteiger partial charge in [-0.2, -0.15) is 0 Å². The smallest absolute Gasteiger partial charge is 0.119 e. The van der Waals surface area contributed by atoms with Crippen LogP contribution in [-0.4, -0.2) is 24.4 Å². The SMILES string of the molecule is Cc1cccc(OCC(O)CNC(C)c2cccc(Cl)c2)c1.Cl. The lowest BCUT2D eigenvalue weighted by molar-refractivity contribution is 0.104. The summed E-state index contributed by atoms with van der Waals surface area (Å²) in [4.78, 5) is 0. The van der Waals surface area contributed by atoms with E-state index in [1.807, 2.05) is 62.4 Å². The van der Waals surface area contributed by atoms with Crippen molar-refractivity contribution in [3.8, 4) is 5.75 Å². The van der Waals surface area contributed by atoms with Crippen molar-refractivity contribution in [1.82, 2.24) is 5.32 Å². The molecule has 2 rings (SSSR count). The highest BCUT2D eigenvalue weighted by atomic mass is 35.5. The molecule has 0 amide bonds. The van der Waals surface area contributed by atoms with Gasteiger partial charge >= 0.3 is 0 Å². The van der Waals surface area contributed by atoms with Crippen LogP contribution in [0.5, 0.6) is 5.75 Å². The van der Waals surface area contributed by atoms with Crippen LogP contribution in [0.2, 0.25) is 5.02 Å². The molecule has 0 aliphatic rings. The van der Waals surface area contributed by atoms with Crippen molar-refractivity contribution in [2.75, 3.05) is 13.2 Å². The Kier molecular flexibility index (Phi) is 8.42. The van der Waals surface area contributed by atoms with Gasteiger partial charge in [0.15, 0.2) is 0 Å². The molecule has 2 N–H and O–H groups in total. The van der Waals surface area contributed by atoms with E-state index in [1.54, 1.807) is 0 Å². The minimum Gasteiger partial charge on any atom is -0.491 e. The van der Waals surface area contributed by atoms with Gasteiger partial charge < -0.3 is 15.2 Å². The zero-order chi connectivity index (χ0) is 15.9. The molecule has 126 valence electrons. The van der Waals surface area contributed by atoms with E-state index < -0.39 is 6.10 Å². The average Bonchev–Trinajstić information content (AvgIpc) is 2.50. The molecule has 0 saturated carbocycles. The predicted octanol–water partition coefficient (Wildman–Crippen LogP) is 4.16. The van der Waals surface area contributed by atoms with Gasteiger partial charge in [-0.3, -0.25) is 0 Å². The molecule has 0 aromatic heterocycles. The summed E-state index contributed by atoms with van der Waals surface area (Å²) in [6.45, 7) is 4.77. The van der Waals surface area contributed by atoms with Crippen LogP contribution in [0, 0.1) is 6.92 Å². The van der Waals surface area contributed by atoms with Gasteiger partial charge in [-0.05, 0) is 49.2 Å². The van der Waals surface area contributed by atoms with Gasteiger partial charge in [0.2, 0.25) is 0 Å². The number of nitrogens with one attached hydrogen (secondary N) is 1. The fourth-order valence-corrected chi connectivity index (χ4v) is 2.36. The number of ether oxygens (including phenoxy) is 1. The highest BCUT2D eigenvalue weighted by Crippen LogP contribution is 2.17. The standard InChI is InChI=1S/C18H22ClNO2.ClH/c1-13-5-3-8-18(9-13)22-12-17(21)11-20-14(2)15-6-4-7-16(19)10-15;/h3-10,14,17,20-21H,11-12H2,1-2H3;1H. The Morgan fingerprint density at radius 1 is 1.17 bits per heavy atom. The Morgan fingerprint density at radius 3 is 2.61 bits per heavy atom. The summed E-state index contributed by atoms with van der Waals surface area (Å²) < 4.78 is 5.59. The first kappa shape index (κ1) is 19.8. The van der Waals surface area contributed by atoms with Gasteiger partial charge in [0, 0.05) is 17.6 Å². The molecule has 2 aromatic carbocycles. The second kappa shape index (κ2) is 9.78. The van der Waals surface area contributed by atoms with Gasteiger partial charge in [0.1, 0.15) is 18.5 Å². The lowest BCUT2D eigenvalue weighted by atomic mass is 10.1. The minimum atomic E-state index is -0.567. The van der Waals surface area contributed by atoms with Crippen LogP contribution in [0.25, 0.3) is 0 Å². The predicted molar refractivity (Wildman–Crippen MR) is 97.8 cm³/mol. The van der Waals surface area contributed by atoms with Crippen LogP contribution < -0.4 is 10.1 Å². The summed E-state index contributed by atoms with van der Waals surface area (Å²) in [5.74, 6) is 0.780. The summed E-state index contributed by atoms with van der Waals surface area (Å²) >= 11 is 5.98. The molecule has 0 bridgehead atoms. The van der Waals surface area contributed by atoms with Crippen LogP contribution in [0.1, 0.15) is 24.1 Å². The lowest BCUT2D eigenvalue weighted by Crippen LogP contribution is -2.33. The van der Waals surface area contributed by atoms with Crippen molar-refractivity contribution in [2.45, 2.75) is 26.0 Å². The normalized spacial score (nSPS) is 13.0. The number of rotatable bonds is 7. The van der Waals surface area contributed by atoms with E-state index in [2.05, 4.69) is 5.32 Å². The van der Waals surface area contributed by atoms with E-state index in [9.17, 15) is 5.11 Å².